The molecule has 6 heteroatoms. The van der Waals surface area contributed by atoms with Crippen LogP contribution in [0.15, 0.2) is 24.5 Å². The minimum Gasteiger partial charge on any atom is -0.392 e. The van der Waals surface area contributed by atoms with Gasteiger partial charge in [0.05, 0.1) is 11.9 Å². The largest absolute Gasteiger partial charge is 0.392 e. The zero-order valence-electron chi connectivity index (χ0n) is 10.2. The third kappa shape index (κ3) is 3.51. The molecular formula is C12H18N2O3S. The molecule has 100 valence electrons. The van der Waals surface area contributed by atoms with Crippen molar-refractivity contribution >= 4 is 10.0 Å². The number of hydrogen-bond donors (Lipinski definition) is 1. The van der Waals surface area contributed by atoms with Crippen molar-refractivity contribution < 1.29 is 13.5 Å². The highest BCUT2D eigenvalue weighted by molar-refractivity contribution is 7.89. The van der Waals surface area contributed by atoms with Crippen LogP contribution in [0.1, 0.15) is 18.4 Å². The summed E-state index contributed by atoms with van der Waals surface area (Å²) in [5.41, 5.74) is 0.964. The summed E-state index contributed by atoms with van der Waals surface area (Å²) in [6, 6.07) is 3.64. The average molecular weight is 270 g/mol. The number of aryl methyl sites for hydroxylation is 1. The Morgan fingerprint density at radius 1 is 1.39 bits per heavy atom. The summed E-state index contributed by atoms with van der Waals surface area (Å²) in [7, 11) is -3.26. The minimum atomic E-state index is -3.26. The van der Waals surface area contributed by atoms with Gasteiger partial charge < -0.3 is 5.11 Å². The first-order chi connectivity index (χ1) is 8.58. The highest BCUT2D eigenvalue weighted by atomic mass is 32.2. The van der Waals surface area contributed by atoms with E-state index in [-0.39, 0.29) is 12.3 Å². The summed E-state index contributed by atoms with van der Waals surface area (Å²) in [6.45, 7) is 0.758. The number of pyridine rings is 1. The molecule has 0 saturated carbocycles. The maximum Gasteiger partial charge on any atom is 0.214 e. The fourth-order valence-corrected chi connectivity index (χ4v) is 3.66. The summed E-state index contributed by atoms with van der Waals surface area (Å²) in [4.78, 5) is 3.90. The second kappa shape index (κ2) is 5.77. The molecule has 0 aliphatic carbocycles. The zero-order chi connectivity index (χ0) is 13.0. The van der Waals surface area contributed by atoms with E-state index in [4.69, 9.17) is 0 Å². The predicted octanol–water partition coefficient (Wildman–Crippen LogP) is 0.411. The normalized spacial score (nSPS) is 21.9. The molecule has 1 saturated heterocycles. The second-order valence-electron chi connectivity index (χ2n) is 4.58. The van der Waals surface area contributed by atoms with Crippen LogP contribution in [0.5, 0.6) is 0 Å². The molecule has 1 aliphatic heterocycles. The minimum absolute atomic E-state index is 0.0870. The number of piperidine rings is 1. The molecule has 0 aromatic carbocycles. The van der Waals surface area contributed by atoms with Crippen LogP contribution in [0.2, 0.25) is 0 Å². The number of β-amino-alcohol motifs (C(OH)–C–C–N with tert-alkyl or cyclic N) is 1. The smallest absolute Gasteiger partial charge is 0.214 e. The Morgan fingerprint density at radius 2 is 2.11 bits per heavy atom. The van der Waals surface area contributed by atoms with E-state index in [9.17, 15) is 13.5 Å². The van der Waals surface area contributed by atoms with Crippen molar-refractivity contribution in [1.82, 2.24) is 9.29 Å². The molecule has 1 unspecified atom stereocenters. The number of aromatic nitrogens is 1. The van der Waals surface area contributed by atoms with Crippen LogP contribution in [0, 0.1) is 0 Å². The van der Waals surface area contributed by atoms with Crippen LogP contribution in [0.4, 0.5) is 0 Å². The molecule has 0 radical (unpaired) electrons. The van der Waals surface area contributed by atoms with Crippen LogP contribution in [-0.2, 0) is 16.4 Å². The Hall–Kier alpha value is -0.980. The van der Waals surface area contributed by atoms with Crippen molar-refractivity contribution in [2.45, 2.75) is 25.4 Å². The molecule has 0 spiro atoms. The molecule has 1 atom stereocenters. The van der Waals surface area contributed by atoms with Crippen molar-refractivity contribution in [1.29, 1.82) is 0 Å². The van der Waals surface area contributed by atoms with Gasteiger partial charge in [0, 0.05) is 25.5 Å². The van der Waals surface area contributed by atoms with Gasteiger partial charge in [0.1, 0.15) is 0 Å². The lowest BCUT2D eigenvalue weighted by atomic mass is 10.1. The number of aliphatic hydroxyl groups excluding tert-OH is 1. The Kier molecular flexibility index (Phi) is 4.31. The number of hydrogen-bond acceptors (Lipinski definition) is 4. The number of rotatable bonds is 4. The van der Waals surface area contributed by atoms with E-state index in [1.807, 2.05) is 12.1 Å². The first-order valence-electron chi connectivity index (χ1n) is 6.13. The van der Waals surface area contributed by atoms with E-state index in [0.717, 1.165) is 12.0 Å². The van der Waals surface area contributed by atoms with Crippen molar-refractivity contribution in [2.24, 2.45) is 0 Å². The first kappa shape index (κ1) is 13.5. The van der Waals surface area contributed by atoms with Crippen LogP contribution >= 0.6 is 0 Å². The molecule has 1 aromatic rings. The van der Waals surface area contributed by atoms with Crippen LogP contribution < -0.4 is 0 Å². The third-order valence-corrected chi connectivity index (χ3v) is 4.99. The fraction of sp³-hybridized carbons (Fsp3) is 0.583. The number of aliphatic hydroxyl groups is 1. The summed E-state index contributed by atoms with van der Waals surface area (Å²) < 4.78 is 25.6. The molecule has 2 heterocycles. The standard InChI is InChI=1S/C12H18N2O3S/c15-12-2-1-8-14(10-12)18(16,17)9-5-11-3-6-13-7-4-11/h3-4,6-7,12,15H,1-2,5,8-10H2. The molecule has 0 bridgehead atoms. The van der Waals surface area contributed by atoms with E-state index in [1.165, 1.54) is 4.31 Å². The van der Waals surface area contributed by atoms with Gasteiger partial charge in [-0.05, 0) is 37.0 Å². The quantitative estimate of drug-likeness (QED) is 0.860. The van der Waals surface area contributed by atoms with E-state index in [0.29, 0.717) is 19.4 Å². The molecule has 5 nitrogen and oxygen atoms in total. The van der Waals surface area contributed by atoms with E-state index < -0.39 is 16.1 Å². The second-order valence-corrected chi connectivity index (χ2v) is 6.66. The van der Waals surface area contributed by atoms with Crippen molar-refractivity contribution in [3.8, 4) is 0 Å². The van der Waals surface area contributed by atoms with E-state index in [1.54, 1.807) is 12.4 Å². The molecule has 1 aromatic heterocycles. The number of sulfonamides is 1. The van der Waals surface area contributed by atoms with Gasteiger partial charge in [0.2, 0.25) is 10.0 Å². The molecule has 18 heavy (non-hydrogen) atoms. The number of nitrogens with zero attached hydrogens (tertiary/aromatic N) is 2. The Bertz CT molecular complexity index is 475. The van der Waals surface area contributed by atoms with Gasteiger partial charge >= 0.3 is 0 Å². The highest BCUT2D eigenvalue weighted by Crippen LogP contribution is 2.15. The molecule has 1 fully saturated rings. The van der Waals surface area contributed by atoms with Crippen molar-refractivity contribution in [3.63, 3.8) is 0 Å². The topological polar surface area (TPSA) is 70.5 Å². The maximum atomic E-state index is 12.1. The van der Waals surface area contributed by atoms with Crippen LogP contribution in [0.3, 0.4) is 0 Å². The lowest BCUT2D eigenvalue weighted by Gasteiger charge is -2.29. The first-order valence-corrected chi connectivity index (χ1v) is 7.73. The predicted molar refractivity (Wildman–Crippen MR) is 68.5 cm³/mol. The Morgan fingerprint density at radius 3 is 2.78 bits per heavy atom. The van der Waals surface area contributed by atoms with Crippen LogP contribution in [-0.4, -0.2) is 47.8 Å². The molecule has 0 amide bonds. The van der Waals surface area contributed by atoms with Gasteiger partial charge in [0.15, 0.2) is 0 Å². The van der Waals surface area contributed by atoms with Gasteiger partial charge in [-0.15, -0.1) is 0 Å². The van der Waals surface area contributed by atoms with Gasteiger partial charge in [-0.1, -0.05) is 0 Å². The van der Waals surface area contributed by atoms with Gasteiger partial charge in [-0.25, -0.2) is 8.42 Å². The lowest BCUT2D eigenvalue weighted by Crippen LogP contribution is -2.43. The Labute approximate surface area is 108 Å². The molecule has 1 N–H and O–H groups in total. The van der Waals surface area contributed by atoms with E-state index >= 15 is 0 Å². The summed E-state index contributed by atoms with van der Waals surface area (Å²) in [6.07, 6.45) is 4.71. The lowest BCUT2D eigenvalue weighted by molar-refractivity contribution is 0.108. The third-order valence-electron chi connectivity index (χ3n) is 3.15. The van der Waals surface area contributed by atoms with Gasteiger partial charge in [0.25, 0.3) is 0 Å². The highest BCUT2D eigenvalue weighted by Gasteiger charge is 2.27. The molecule has 1 aliphatic rings. The zero-order valence-corrected chi connectivity index (χ0v) is 11.0. The van der Waals surface area contributed by atoms with Gasteiger partial charge in [-0.2, -0.15) is 4.31 Å². The van der Waals surface area contributed by atoms with E-state index in [2.05, 4.69) is 4.98 Å². The van der Waals surface area contributed by atoms with Crippen molar-refractivity contribution in [3.05, 3.63) is 30.1 Å². The summed E-state index contributed by atoms with van der Waals surface area (Å²) in [5, 5.41) is 9.51. The Balaban J connectivity index is 1.95. The molecule has 2 rings (SSSR count). The SMILES string of the molecule is O=S(=O)(CCc1ccncc1)N1CCCC(O)C1. The fourth-order valence-electron chi connectivity index (χ4n) is 2.10. The maximum absolute atomic E-state index is 12.1. The van der Waals surface area contributed by atoms with Gasteiger partial charge in [-0.3, -0.25) is 4.98 Å². The summed E-state index contributed by atoms with van der Waals surface area (Å²) in [5.74, 6) is 0.0870. The summed E-state index contributed by atoms with van der Waals surface area (Å²) >= 11 is 0. The monoisotopic (exact) mass is 270 g/mol. The average Bonchev–Trinajstić information content (AvgIpc) is 2.38. The van der Waals surface area contributed by atoms with Crippen LogP contribution in [0.25, 0.3) is 0 Å². The van der Waals surface area contributed by atoms with Crippen molar-refractivity contribution in [2.75, 3.05) is 18.8 Å². The molecular weight excluding hydrogens is 252 g/mol.